The summed E-state index contributed by atoms with van der Waals surface area (Å²) in [4.78, 5) is 11.4. The molecule has 0 saturated heterocycles. The second kappa shape index (κ2) is 2.31. The molecule has 2 fully saturated rings. The third-order valence-corrected chi connectivity index (χ3v) is 3.32. The van der Waals surface area contributed by atoms with Gasteiger partial charge < -0.3 is 5.11 Å². The topological polar surface area (TPSA) is 37.3 Å². The molecule has 0 amide bonds. The highest BCUT2D eigenvalue weighted by atomic mass is 16.3. The Hall–Kier alpha value is -0.370. The Balaban J connectivity index is 2.23. The zero-order valence-corrected chi connectivity index (χ0v) is 6.79. The third-order valence-electron chi connectivity index (χ3n) is 3.32. The van der Waals surface area contributed by atoms with Crippen LogP contribution in [0.2, 0.25) is 0 Å². The van der Waals surface area contributed by atoms with E-state index in [0.717, 1.165) is 19.3 Å². The standard InChI is InChI=1S/C9H14O2/c1-5-8(10)6-2-3-7(4-6)9(5)11/h5-8,10H,2-4H2,1H3/t5-,6?,7?,8+/m1/s1. The number of carbonyl (C=O) groups excluding carboxylic acids is 1. The average molecular weight is 154 g/mol. The molecule has 0 aromatic carbocycles. The third kappa shape index (κ3) is 0.924. The van der Waals surface area contributed by atoms with Crippen LogP contribution in [0.5, 0.6) is 0 Å². The van der Waals surface area contributed by atoms with Gasteiger partial charge in [-0.2, -0.15) is 0 Å². The first-order valence-corrected chi connectivity index (χ1v) is 4.42. The van der Waals surface area contributed by atoms with Gasteiger partial charge in [0, 0.05) is 11.8 Å². The molecule has 0 radical (unpaired) electrons. The van der Waals surface area contributed by atoms with Gasteiger partial charge in [-0.1, -0.05) is 6.92 Å². The van der Waals surface area contributed by atoms with E-state index in [2.05, 4.69) is 0 Å². The van der Waals surface area contributed by atoms with Crippen LogP contribution in [0, 0.1) is 17.8 Å². The first kappa shape index (κ1) is 7.29. The molecule has 2 nitrogen and oxygen atoms in total. The van der Waals surface area contributed by atoms with Crippen LogP contribution in [0.4, 0.5) is 0 Å². The highest BCUT2D eigenvalue weighted by Crippen LogP contribution is 2.42. The van der Waals surface area contributed by atoms with Crippen LogP contribution < -0.4 is 0 Å². The molecule has 0 aliphatic heterocycles. The number of rotatable bonds is 0. The summed E-state index contributed by atoms with van der Waals surface area (Å²) >= 11 is 0. The van der Waals surface area contributed by atoms with E-state index in [0.29, 0.717) is 17.6 Å². The summed E-state index contributed by atoms with van der Waals surface area (Å²) in [7, 11) is 0. The summed E-state index contributed by atoms with van der Waals surface area (Å²) in [6.07, 6.45) is 2.68. The highest BCUT2D eigenvalue weighted by molar-refractivity contribution is 5.85. The van der Waals surface area contributed by atoms with Gasteiger partial charge in [0.15, 0.2) is 0 Å². The molecule has 2 rings (SSSR count). The Kier molecular flexibility index (Phi) is 1.53. The lowest BCUT2D eigenvalue weighted by molar-refractivity contribution is -0.133. The molecule has 2 bridgehead atoms. The van der Waals surface area contributed by atoms with E-state index < -0.39 is 0 Å². The van der Waals surface area contributed by atoms with Crippen LogP contribution in [0.15, 0.2) is 0 Å². The molecule has 0 aromatic heterocycles. The average Bonchev–Trinajstić information content (AvgIpc) is 2.44. The van der Waals surface area contributed by atoms with Gasteiger partial charge in [0.25, 0.3) is 0 Å². The quantitative estimate of drug-likeness (QED) is 0.564. The summed E-state index contributed by atoms with van der Waals surface area (Å²) in [5, 5.41) is 9.61. The summed E-state index contributed by atoms with van der Waals surface area (Å²) in [6, 6.07) is 0. The highest BCUT2D eigenvalue weighted by Gasteiger charge is 2.44. The summed E-state index contributed by atoms with van der Waals surface area (Å²) < 4.78 is 0. The molecular formula is C9H14O2. The number of Topliss-reactive ketones (excluding diaryl/α,β-unsaturated/α-hetero) is 1. The predicted octanol–water partition coefficient (Wildman–Crippen LogP) is 0.982. The van der Waals surface area contributed by atoms with Gasteiger partial charge >= 0.3 is 0 Å². The van der Waals surface area contributed by atoms with E-state index in [-0.39, 0.29) is 12.0 Å². The van der Waals surface area contributed by atoms with Crippen LogP contribution in [-0.2, 0) is 4.79 Å². The van der Waals surface area contributed by atoms with E-state index in [1.807, 2.05) is 6.92 Å². The van der Waals surface area contributed by atoms with Crippen molar-refractivity contribution in [2.45, 2.75) is 32.3 Å². The zero-order chi connectivity index (χ0) is 8.01. The van der Waals surface area contributed by atoms with E-state index in [1.54, 1.807) is 0 Å². The lowest BCUT2D eigenvalue weighted by Gasteiger charge is -2.29. The molecule has 62 valence electrons. The maximum Gasteiger partial charge on any atom is 0.141 e. The summed E-state index contributed by atoms with van der Waals surface area (Å²) in [5.41, 5.74) is 0. The molecule has 2 saturated carbocycles. The van der Waals surface area contributed by atoms with Crippen molar-refractivity contribution >= 4 is 5.78 Å². The molecule has 2 aliphatic carbocycles. The minimum Gasteiger partial charge on any atom is -0.392 e. The minimum absolute atomic E-state index is 0.0961. The van der Waals surface area contributed by atoms with Gasteiger partial charge in [-0.05, 0) is 25.2 Å². The number of fused-ring (bicyclic) bond motifs is 2. The number of hydrogen-bond acceptors (Lipinski definition) is 2. The van der Waals surface area contributed by atoms with Crippen molar-refractivity contribution in [2.75, 3.05) is 0 Å². The molecule has 0 spiro atoms. The zero-order valence-electron chi connectivity index (χ0n) is 6.79. The number of hydrogen-bond donors (Lipinski definition) is 1. The Morgan fingerprint density at radius 2 is 2.18 bits per heavy atom. The molecule has 2 heteroatoms. The van der Waals surface area contributed by atoms with Gasteiger partial charge in [0.1, 0.15) is 5.78 Å². The van der Waals surface area contributed by atoms with E-state index in [9.17, 15) is 9.90 Å². The lowest BCUT2D eigenvalue weighted by atomic mass is 9.79. The fourth-order valence-corrected chi connectivity index (χ4v) is 2.53. The van der Waals surface area contributed by atoms with E-state index >= 15 is 0 Å². The molecular weight excluding hydrogens is 140 g/mol. The minimum atomic E-state index is -0.346. The van der Waals surface area contributed by atoms with Crippen molar-refractivity contribution in [3.63, 3.8) is 0 Å². The van der Waals surface area contributed by atoms with Crippen molar-refractivity contribution in [2.24, 2.45) is 17.8 Å². The lowest BCUT2D eigenvalue weighted by Crippen LogP contribution is -2.38. The van der Waals surface area contributed by atoms with Crippen LogP contribution in [0.25, 0.3) is 0 Å². The molecule has 4 atom stereocenters. The Morgan fingerprint density at radius 3 is 2.91 bits per heavy atom. The first-order valence-electron chi connectivity index (χ1n) is 4.42. The van der Waals surface area contributed by atoms with Gasteiger partial charge in [0.05, 0.1) is 6.10 Å². The number of aliphatic hydroxyl groups excluding tert-OH is 1. The van der Waals surface area contributed by atoms with Crippen molar-refractivity contribution in [3.8, 4) is 0 Å². The fraction of sp³-hybridized carbons (Fsp3) is 0.889. The predicted molar refractivity (Wildman–Crippen MR) is 41.0 cm³/mol. The Bertz CT molecular complexity index is 188. The van der Waals surface area contributed by atoms with Gasteiger partial charge in [0.2, 0.25) is 0 Å². The van der Waals surface area contributed by atoms with Crippen LogP contribution >= 0.6 is 0 Å². The smallest absolute Gasteiger partial charge is 0.141 e. The molecule has 0 heterocycles. The van der Waals surface area contributed by atoms with Crippen molar-refractivity contribution in [1.82, 2.24) is 0 Å². The molecule has 11 heavy (non-hydrogen) atoms. The van der Waals surface area contributed by atoms with Crippen molar-refractivity contribution in [1.29, 1.82) is 0 Å². The maximum absolute atomic E-state index is 11.4. The maximum atomic E-state index is 11.4. The molecule has 2 aliphatic rings. The SMILES string of the molecule is C[C@H]1C(=O)C2CCC(C2)[C@H]1O. The van der Waals surface area contributed by atoms with E-state index in [1.165, 1.54) is 0 Å². The first-order chi connectivity index (χ1) is 5.20. The largest absolute Gasteiger partial charge is 0.392 e. The molecule has 0 aromatic rings. The van der Waals surface area contributed by atoms with E-state index in [4.69, 9.17) is 0 Å². The molecule has 2 unspecified atom stereocenters. The monoisotopic (exact) mass is 154 g/mol. The van der Waals surface area contributed by atoms with Gasteiger partial charge in [-0.15, -0.1) is 0 Å². The van der Waals surface area contributed by atoms with Crippen LogP contribution in [-0.4, -0.2) is 17.0 Å². The summed E-state index contributed by atoms with van der Waals surface area (Å²) in [5.74, 6) is 0.915. The van der Waals surface area contributed by atoms with Gasteiger partial charge in [-0.25, -0.2) is 0 Å². The van der Waals surface area contributed by atoms with Crippen LogP contribution in [0.1, 0.15) is 26.2 Å². The number of carbonyl (C=O) groups is 1. The summed E-state index contributed by atoms with van der Waals surface area (Å²) in [6.45, 7) is 1.86. The second-order valence-corrected chi connectivity index (χ2v) is 3.95. The second-order valence-electron chi connectivity index (χ2n) is 3.95. The van der Waals surface area contributed by atoms with Crippen LogP contribution in [0.3, 0.4) is 0 Å². The number of aliphatic hydroxyl groups is 1. The van der Waals surface area contributed by atoms with Crippen molar-refractivity contribution < 1.29 is 9.90 Å². The fourth-order valence-electron chi connectivity index (χ4n) is 2.53. The normalized spacial score (nSPS) is 49.8. The van der Waals surface area contributed by atoms with Crippen molar-refractivity contribution in [3.05, 3.63) is 0 Å². The Morgan fingerprint density at radius 1 is 1.45 bits per heavy atom. The number of ketones is 1. The molecule has 1 N–H and O–H groups in total. The van der Waals surface area contributed by atoms with Gasteiger partial charge in [-0.3, -0.25) is 4.79 Å². The Labute approximate surface area is 66.6 Å².